The van der Waals surface area contributed by atoms with Gasteiger partial charge in [0.25, 0.3) is 0 Å². The molecular weight excluding hydrogens is 176 g/mol. The van der Waals surface area contributed by atoms with Gasteiger partial charge in [0.15, 0.2) is 0 Å². The molecule has 2 nitrogen and oxygen atoms in total. The second-order valence-electron chi connectivity index (χ2n) is 3.34. The third-order valence-corrected chi connectivity index (χ3v) is 2.22. The third-order valence-electron chi connectivity index (χ3n) is 2.22. The highest BCUT2D eigenvalue weighted by atomic mass is 16.7. The SMILES string of the molecule is C=C1c2ccccc2OC1OCCC. The Labute approximate surface area is 84.2 Å². The first-order chi connectivity index (χ1) is 6.83. The molecule has 0 aromatic heterocycles. The number of benzene rings is 1. The number of hydrogen-bond acceptors (Lipinski definition) is 2. The van der Waals surface area contributed by atoms with Gasteiger partial charge < -0.3 is 9.47 Å². The maximum atomic E-state index is 5.60. The molecule has 0 N–H and O–H groups in total. The maximum Gasteiger partial charge on any atom is 0.226 e. The summed E-state index contributed by atoms with van der Waals surface area (Å²) in [5.41, 5.74) is 1.99. The van der Waals surface area contributed by atoms with E-state index in [1.54, 1.807) is 0 Å². The lowest BCUT2D eigenvalue weighted by Gasteiger charge is -2.11. The van der Waals surface area contributed by atoms with Crippen molar-refractivity contribution in [3.8, 4) is 5.75 Å². The zero-order valence-corrected chi connectivity index (χ0v) is 8.32. The highest BCUT2D eigenvalue weighted by molar-refractivity contribution is 5.74. The van der Waals surface area contributed by atoms with Gasteiger partial charge in [-0.15, -0.1) is 0 Å². The Balaban J connectivity index is 2.13. The Hall–Kier alpha value is -1.28. The number of rotatable bonds is 3. The molecule has 0 fully saturated rings. The van der Waals surface area contributed by atoms with Crippen molar-refractivity contribution in [1.82, 2.24) is 0 Å². The zero-order valence-electron chi connectivity index (χ0n) is 8.32. The van der Waals surface area contributed by atoms with Crippen molar-refractivity contribution in [3.05, 3.63) is 36.4 Å². The monoisotopic (exact) mass is 190 g/mol. The van der Waals surface area contributed by atoms with Gasteiger partial charge in [0.1, 0.15) is 5.75 Å². The Morgan fingerprint density at radius 1 is 1.43 bits per heavy atom. The van der Waals surface area contributed by atoms with Crippen LogP contribution in [-0.4, -0.2) is 12.9 Å². The second-order valence-corrected chi connectivity index (χ2v) is 3.34. The van der Waals surface area contributed by atoms with E-state index in [0.717, 1.165) is 23.3 Å². The lowest BCUT2D eigenvalue weighted by Crippen LogP contribution is -2.16. The van der Waals surface area contributed by atoms with Crippen LogP contribution in [0.5, 0.6) is 5.75 Å². The molecule has 0 bridgehead atoms. The average Bonchev–Trinajstić information content (AvgIpc) is 2.54. The quantitative estimate of drug-likeness (QED) is 0.729. The fourth-order valence-electron chi connectivity index (χ4n) is 1.51. The summed E-state index contributed by atoms with van der Waals surface area (Å²) in [5, 5.41) is 0. The molecule has 1 unspecified atom stereocenters. The lowest BCUT2D eigenvalue weighted by molar-refractivity contribution is -0.0302. The summed E-state index contributed by atoms with van der Waals surface area (Å²) in [6.45, 7) is 6.76. The minimum Gasteiger partial charge on any atom is -0.460 e. The van der Waals surface area contributed by atoms with Crippen molar-refractivity contribution in [2.45, 2.75) is 19.6 Å². The molecule has 0 aliphatic carbocycles. The van der Waals surface area contributed by atoms with Crippen LogP contribution in [0, 0.1) is 0 Å². The summed E-state index contributed by atoms with van der Waals surface area (Å²) in [5.74, 6) is 0.874. The summed E-state index contributed by atoms with van der Waals surface area (Å²) < 4.78 is 11.1. The number of fused-ring (bicyclic) bond motifs is 1. The van der Waals surface area contributed by atoms with Crippen molar-refractivity contribution in [3.63, 3.8) is 0 Å². The predicted octanol–water partition coefficient (Wildman–Crippen LogP) is 2.84. The molecule has 74 valence electrons. The smallest absolute Gasteiger partial charge is 0.226 e. The van der Waals surface area contributed by atoms with Crippen LogP contribution in [0.4, 0.5) is 0 Å². The molecule has 0 amide bonds. The first kappa shape index (κ1) is 9.28. The highest BCUT2D eigenvalue weighted by Crippen LogP contribution is 2.36. The second kappa shape index (κ2) is 3.84. The van der Waals surface area contributed by atoms with Gasteiger partial charge in [0.2, 0.25) is 6.29 Å². The van der Waals surface area contributed by atoms with Gasteiger partial charge >= 0.3 is 0 Å². The molecule has 2 rings (SSSR count). The molecule has 2 heteroatoms. The minimum absolute atomic E-state index is 0.285. The van der Waals surface area contributed by atoms with Gasteiger partial charge in [-0.2, -0.15) is 0 Å². The number of hydrogen-bond donors (Lipinski definition) is 0. The maximum absolute atomic E-state index is 5.60. The molecule has 1 aromatic rings. The van der Waals surface area contributed by atoms with Crippen LogP contribution in [0.3, 0.4) is 0 Å². The van der Waals surface area contributed by atoms with Crippen molar-refractivity contribution in [2.24, 2.45) is 0 Å². The Kier molecular flexibility index (Phi) is 2.55. The molecular formula is C12H14O2. The zero-order chi connectivity index (χ0) is 9.97. The third kappa shape index (κ3) is 1.53. The fraction of sp³-hybridized carbons (Fsp3) is 0.333. The topological polar surface area (TPSA) is 18.5 Å². The minimum atomic E-state index is -0.285. The van der Waals surface area contributed by atoms with Gasteiger partial charge in [-0.05, 0) is 12.5 Å². The molecule has 14 heavy (non-hydrogen) atoms. The van der Waals surface area contributed by atoms with Crippen molar-refractivity contribution >= 4 is 5.57 Å². The highest BCUT2D eigenvalue weighted by Gasteiger charge is 2.26. The molecule has 1 atom stereocenters. The van der Waals surface area contributed by atoms with Crippen molar-refractivity contribution in [2.75, 3.05) is 6.61 Å². The van der Waals surface area contributed by atoms with E-state index in [-0.39, 0.29) is 6.29 Å². The number of para-hydroxylation sites is 1. The first-order valence-electron chi connectivity index (χ1n) is 4.89. The first-order valence-corrected chi connectivity index (χ1v) is 4.89. The summed E-state index contributed by atoms with van der Waals surface area (Å²) in [6.07, 6.45) is 0.705. The van der Waals surface area contributed by atoms with E-state index in [2.05, 4.69) is 13.5 Å². The molecule has 0 saturated carbocycles. The summed E-state index contributed by atoms with van der Waals surface area (Å²) in [4.78, 5) is 0. The Morgan fingerprint density at radius 2 is 2.21 bits per heavy atom. The molecule has 1 aliphatic heterocycles. The Bertz CT molecular complexity index is 344. The van der Waals surface area contributed by atoms with Gasteiger partial charge in [-0.25, -0.2) is 0 Å². The van der Waals surface area contributed by atoms with Crippen LogP contribution in [0.1, 0.15) is 18.9 Å². The van der Waals surface area contributed by atoms with Crippen LogP contribution in [-0.2, 0) is 4.74 Å². The van der Waals surface area contributed by atoms with Crippen LogP contribution >= 0.6 is 0 Å². The van der Waals surface area contributed by atoms with Crippen molar-refractivity contribution < 1.29 is 9.47 Å². The molecule has 0 saturated heterocycles. The van der Waals surface area contributed by atoms with E-state index < -0.39 is 0 Å². The van der Waals surface area contributed by atoms with E-state index in [9.17, 15) is 0 Å². The van der Waals surface area contributed by atoms with Crippen LogP contribution in [0.25, 0.3) is 5.57 Å². The fourth-order valence-corrected chi connectivity index (χ4v) is 1.51. The van der Waals surface area contributed by atoms with Crippen LogP contribution in [0.2, 0.25) is 0 Å². The molecule has 1 heterocycles. The van der Waals surface area contributed by atoms with Crippen molar-refractivity contribution in [1.29, 1.82) is 0 Å². The summed E-state index contributed by atoms with van der Waals surface area (Å²) in [7, 11) is 0. The normalized spacial score (nSPS) is 19.2. The Morgan fingerprint density at radius 3 is 2.93 bits per heavy atom. The van der Waals surface area contributed by atoms with Gasteiger partial charge in [-0.1, -0.05) is 31.7 Å². The van der Waals surface area contributed by atoms with Crippen LogP contribution < -0.4 is 4.74 Å². The van der Waals surface area contributed by atoms with Gasteiger partial charge in [0.05, 0.1) is 6.61 Å². The van der Waals surface area contributed by atoms with E-state index in [1.165, 1.54) is 0 Å². The largest absolute Gasteiger partial charge is 0.460 e. The predicted molar refractivity (Wildman–Crippen MR) is 56.1 cm³/mol. The van der Waals surface area contributed by atoms with E-state index in [4.69, 9.17) is 9.47 Å². The molecule has 1 aliphatic rings. The van der Waals surface area contributed by atoms with Gasteiger partial charge in [-0.3, -0.25) is 0 Å². The standard InChI is InChI=1S/C12H14O2/c1-3-8-13-12-9(2)10-6-4-5-7-11(10)14-12/h4-7,12H,2-3,8H2,1H3. The van der Waals surface area contributed by atoms with E-state index in [1.807, 2.05) is 24.3 Å². The van der Waals surface area contributed by atoms with E-state index in [0.29, 0.717) is 6.61 Å². The van der Waals surface area contributed by atoms with E-state index >= 15 is 0 Å². The lowest BCUT2D eigenvalue weighted by atomic mass is 10.1. The average molecular weight is 190 g/mol. The van der Waals surface area contributed by atoms with Crippen LogP contribution in [0.15, 0.2) is 30.8 Å². The summed E-state index contributed by atoms with van der Waals surface area (Å²) >= 11 is 0. The molecule has 0 radical (unpaired) electrons. The number of ether oxygens (including phenoxy) is 2. The van der Waals surface area contributed by atoms with Gasteiger partial charge in [0, 0.05) is 11.1 Å². The molecule has 0 spiro atoms. The summed E-state index contributed by atoms with van der Waals surface area (Å²) in [6, 6.07) is 7.88. The molecule has 1 aromatic carbocycles.